The van der Waals surface area contributed by atoms with Crippen LogP contribution in [0, 0.1) is 11.3 Å². The van der Waals surface area contributed by atoms with E-state index in [9.17, 15) is 4.79 Å². The molecule has 120 valence electrons. The Labute approximate surface area is 129 Å². The molecule has 0 aliphatic carbocycles. The first-order valence-electron chi connectivity index (χ1n) is 8.75. The van der Waals surface area contributed by atoms with E-state index < -0.39 is 0 Å². The van der Waals surface area contributed by atoms with Crippen molar-refractivity contribution < 1.29 is 4.79 Å². The van der Waals surface area contributed by atoms with Crippen molar-refractivity contribution in [3.05, 3.63) is 0 Å². The molecule has 0 saturated carbocycles. The van der Waals surface area contributed by atoms with Crippen LogP contribution in [0.5, 0.6) is 0 Å². The number of hydrogen-bond donors (Lipinski definition) is 0. The minimum atomic E-state index is 0.366. The third kappa shape index (κ3) is 3.59. The van der Waals surface area contributed by atoms with Crippen molar-refractivity contribution in [1.29, 1.82) is 0 Å². The Hall–Kier alpha value is -0.610. The van der Waals surface area contributed by atoms with Crippen LogP contribution >= 0.6 is 0 Å². The highest BCUT2D eigenvalue weighted by atomic mass is 16.2. The molecule has 0 bridgehead atoms. The first kappa shape index (κ1) is 15.3. The van der Waals surface area contributed by atoms with Crippen LogP contribution < -0.4 is 0 Å². The lowest BCUT2D eigenvalue weighted by atomic mass is 9.78. The molecule has 3 rings (SSSR count). The normalized spacial score (nSPS) is 28.4. The van der Waals surface area contributed by atoms with Gasteiger partial charge < -0.3 is 9.80 Å². The van der Waals surface area contributed by atoms with Crippen LogP contribution in [0.1, 0.15) is 39.0 Å². The van der Waals surface area contributed by atoms with E-state index >= 15 is 0 Å². The summed E-state index contributed by atoms with van der Waals surface area (Å²) in [5, 5.41) is 0. The fourth-order valence-corrected chi connectivity index (χ4v) is 4.31. The van der Waals surface area contributed by atoms with Gasteiger partial charge in [-0.15, -0.1) is 0 Å². The summed E-state index contributed by atoms with van der Waals surface area (Å²) < 4.78 is 0. The molecule has 3 saturated heterocycles. The molecule has 4 nitrogen and oxygen atoms in total. The molecule has 0 aromatic heterocycles. The number of amides is 1. The van der Waals surface area contributed by atoms with Crippen LogP contribution in [0.2, 0.25) is 0 Å². The zero-order valence-corrected chi connectivity index (χ0v) is 13.8. The predicted octanol–water partition coefficient (Wildman–Crippen LogP) is 1.66. The molecule has 21 heavy (non-hydrogen) atoms. The maximum atomic E-state index is 12.5. The first-order valence-corrected chi connectivity index (χ1v) is 8.75. The third-order valence-electron chi connectivity index (χ3n) is 6.04. The maximum Gasteiger partial charge on any atom is 0.236 e. The molecule has 0 radical (unpaired) electrons. The van der Waals surface area contributed by atoms with Crippen molar-refractivity contribution in [2.45, 2.75) is 39.0 Å². The molecule has 1 spiro atoms. The Morgan fingerprint density at radius 1 is 1.05 bits per heavy atom. The number of nitrogens with zero attached hydrogens (tertiary/aromatic N) is 3. The summed E-state index contributed by atoms with van der Waals surface area (Å²) in [5.41, 5.74) is 0.520. The summed E-state index contributed by atoms with van der Waals surface area (Å²) in [6.45, 7) is 9.62. The molecule has 0 atom stereocenters. The zero-order valence-electron chi connectivity index (χ0n) is 13.8. The minimum Gasteiger partial charge on any atom is -0.342 e. The molecular formula is C17H31N3O. The summed E-state index contributed by atoms with van der Waals surface area (Å²) in [6.07, 6.45) is 6.25. The number of piperidine rings is 2. The van der Waals surface area contributed by atoms with Crippen molar-refractivity contribution in [1.82, 2.24) is 14.7 Å². The second-order valence-corrected chi connectivity index (χ2v) is 7.83. The summed E-state index contributed by atoms with van der Waals surface area (Å²) >= 11 is 0. The van der Waals surface area contributed by atoms with Crippen LogP contribution in [-0.4, -0.2) is 73.5 Å². The van der Waals surface area contributed by atoms with Gasteiger partial charge in [0.05, 0.1) is 6.54 Å². The van der Waals surface area contributed by atoms with Crippen molar-refractivity contribution in [2.24, 2.45) is 11.3 Å². The molecule has 1 amide bonds. The van der Waals surface area contributed by atoms with Gasteiger partial charge in [-0.3, -0.25) is 9.69 Å². The smallest absolute Gasteiger partial charge is 0.236 e. The lowest BCUT2D eigenvalue weighted by molar-refractivity contribution is -0.135. The number of likely N-dealkylation sites (tertiary alicyclic amines) is 3. The van der Waals surface area contributed by atoms with E-state index in [0.29, 0.717) is 17.9 Å². The topological polar surface area (TPSA) is 26.8 Å². The fraction of sp³-hybridized carbons (Fsp3) is 0.941. The van der Waals surface area contributed by atoms with Gasteiger partial charge in [0.1, 0.15) is 0 Å². The van der Waals surface area contributed by atoms with E-state index in [4.69, 9.17) is 0 Å². The van der Waals surface area contributed by atoms with Gasteiger partial charge in [0.2, 0.25) is 5.91 Å². The standard InChI is InChI=1S/C17H31N3O/c1-15-3-8-19(9-4-15)13-16(21)20-11-6-17(7-12-20)5-10-18(2)14-17/h15H,3-14H2,1-2H3. The molecule has 0 unspecified atom stereocenters. The summed E-state index contributed by atoms with van der Waals surface area (Å²) in [5.74, 6) is 1.20. The third-order valence-corrected chi connectivity index (χ3v) is 6.04. The van der Waals surface area contributed by atoms with E-state index in [0.717, 1.165) is 32.1 Å². The van der Waals surface area contributed by atoms with Gasteiger partial charge in [0.25, 0.3) is 0 Å². The van der Waals surface area contributed by atoms with Gasteiger partial charge in [-0.1, -0.05) is 6.92 Å². The van der Waals surface area contributed by atoms with E-state index in [2.05, 4.69) is 28.7 Å². The van der Waals surface area contributed by atoms with Crippen LogP contribution in [-0.2, 0) is 4.79 Å². The largest absolute Gasteiger partial charge is 0.342 e. The summed E-state index contributed by atoms with van der Waals surface area (Å²) in [7, 11) is 2.23. The van der Waals surface area contributed by atoms with E-state index in [1.54, 1.807) is 0 Å². The van der Waals surface area contributed by atoms with Gasteiger partial charge in [0.15, 0.2) is 0 Å². The van der Waals surface area contributed by atoms with Crippen molar-refractivity contribution in [3.63, 3.8) is 0 Å². The van der Waals surface area contributed by atoms with Gasteiger partial charge in [0, 0.05) is 19.6 Å². The van der Waals surface area contributed by atoms with E-state index in [1.165, 1.54) is 45.2 Å². The van der Waals surface area contributed by atoms with Gasteiger partial charge in [-0.25, -0.2) is 0 Å². The molecule has 3 aliphatic rings. The second kappa shape index (κ2) is 6.25. The fourth-order valence-electron chi connectivity index (χ4n) is 4.31. The molecule has 4 heteroatoms. The number of carbonyl (C=O) groups excluding carboxylic acids is 1. The lowest BCUT2D eigenvalue weighted by Crippen LogP contribution is -2.48. The van der Waals surface area contributed by atoms with Crippen molar-refractivity contribution in [3.8, 4) is 0 Å². The Balaban J connectivity index is 1.45. The van der Waals surface area contributed by atoms with Crippen LogP contribution in [0.4, 0.5) is 0 Å². The average molecular weight is 293 g/mol. The number of carbonyl (C=O) groups is 1. The minimum absolute atomic E-state index is 0.366. The Morgan fingerprint density at radius 2 is 1.67 bits per heavy atom. The Bertz CT molecular complexity index is 368. The van der Waals surface area contributed by atoms with E-state index in [1.807, 2.05) is 0 Å². The quantitative estimate of drug-likeness (QED) is 0.775. The van der Waals surface area contributed by atoms with Gasteiger partial charge >= 0.3 is 0 Å². The molecule has 0 N–H and O–H groups in total. The molecule has 0 aromatic rings. The van der Waals surface area contributed by atoms with Crippen molar-refractivity contribution in [2.75, 3.05) is 52.9 Å². The van der Waals surface area contributed by atoms with Gasteiger partial charge in [-0.2, -0.15) is 0 Å². The van der Waals surface area contributed by atoms with Crippen molar-refractivity contribution >= 4 is 5.91 Å². The molecule has 3 fully saturated rings. The SMILES string of the molecule is CC1CCN(CC(=O)N2CCC3(CCN(C)C3)CC2)CC1. The van der Waals surface area contributed by atoms with E-state index in [-0.39, 0.29) is 0 Å². The number of rotatable bonds is 2. The molecular weight excluding hydrogens is 262 g/mol. The van der Waals surface area contributed by atoms with Crippen LogP contribution in [0.3, 0.4) is 0 Å². The first-order chi connectivity index (χ1) is 10.1. The van der Waals surface area contributed by atoms with Crippen LogP contribution in [0.15, 0.2) is 0 Å². The maximum absolute atomic E-state index is 12.5. The Morgan fingerprint density at radius 3 is 2.24 bits per heavy atom. The van der Waals surface area contributed by atoms with Crippen LogP contribution in [0.25, 0.3) is 0 Å². The van der Waals surface area contributed by atoms with Gasteiger partial charge in [-0.05, 0) is 70.1 Å². The monoisotopic (exact) mass is 293 g/mol. The molecule has 0 aromatic carbocycles. The lowest BCUT2D eigenvalue weighted by Gasteiger charge is -2.40. The highest BCUT2D eigenvalue weighted by Crippen LogP contribution is 2.39. The highest BCUT2D eigenvalue weighted by molar-refractivity contribution is 5.78. The molecule has 3 aliphatic heterocycles. The average Bonchev–Trinajstić information content (AvgIpc) is 2.83. The summed E-state index contributed by atoms with van der Waals surface area (Å²) in [6, 6.07) is 0. The highest BCUT2D eigenvalue weighted by Gasteiger charge is 2.40. The Kier molecular flexibility index (Phi) is 4.55. The summed E-state index contributed by atoms with van der Waals surface area (Å²) in [4.78, 5) is 19.4. The molecule has 3 heterocycles. The number of hydrogen-bond acceptors (Lipinski definition) is 3. The zero-order chi connectivity index (χ0) is 14.9. The second-order valence-electron chi connectivity index (χ2n) is 7.83. The predicted molar refractivity (Wildman–Crippen MR) is 85.2 cm³/mol.